The second kappa shape index (κ2) is 7.57. The van der Waals surface area contributed by atoms with Gasteiger partial charge in [0.1, 0.15) is 6.04 Å². The van der Waals surface area contributed by atoms with Crippen molar-refractivity contribution in [1.29, 1.82) is 0 Å². The molecular weight excluding hydrogens is 314 g/mol. The van der Waals surface area contributed by atoms with Gasteiger partial charge in [0.2, 0.25) is 10.0 Å². The Morgan fingerprint density at radius 2 is 1.87 bits per heavy atom. The third-order valence-electron chi connectivity index (χ3n) is 3.64. The van der Waals surface area contributed by atoms with Crippen LogP contribution in [-0.2, 0) is 20.6 Å². The molecule has 0 spiro atoms. The zero-order valence-electron chi connectivity index (χ0n) is 13.0. The van der Waals surface area contributed by atoms with Gasteiger partial charge >= 0.3 is 5.97 Å². The maximum absolute atomic E-state index is 12.2. The van der Waals surface area contributed by atoms with E-state index in [1.54, 1.807) is 6.07 Å². The Bertz CT molecular complexity index is 786. The van der Waals surface area contributed by atoms with Gasteiger partial charge < -0.3 is 5.11 Å². The number of benzene rings is 2. The summed E-state index contributed by atoms with van der Waals surface area (Å²) >= 11 is 0. The van der Waals surface area contributed by atoms with E-state index in [0.29, 0.717) is 18.4 Å². The average molecular weight is 335 g/mol. The first-order valence-electron chi connectivity index (χ1n) is 7.62. The summed E-state index contributed by atoms with van der Waals surface area (Å²) in [5.74, 6) is -1.37. The Kier molecular flexibility index (Phi) is 5.74. The molecule has 0 aliphatic rings. The molecule has 0 saturated heterocycles. The monoisotopic (exact) mass is 335 g/mol. The molecule has 2 rings (SSSR count). The molecule has 1 atom stereocenters. The predicted molar refractivity (Wildman–Crippen MR) is 90.7 cm³/mol. The van der Waals surface area contributed by atoms with Crippen LogP contribution >= 0.6 is 0 Å². The second-order valence-corrected chi connectivity index (χ2v) is 7.35. The minimum absolute atomic E-state index is 0.228. The number of carboxylic acids is 1. The van der Waals surface area contributed by atoms with Crippen LogP contribution in [0.25, 0.3) is 10.8 Å². The van der Waals surface area contributed by atoms with Crippen LogP contribution < -0.4 is 4.72 Å². The fourth-order valence-corrected chi connectivity index (χ4v) is 3.80. The number of sulfonamides is 1. The number of fused-ring (bicyclic) bond motifs is 1. The summed E-state index contributed by atoms with van der Waals surface area (Å²) < 4.78 is 26.8. The van der Waals surface area contributed by atoms with E-state index in [9.17, 15) is 13.2 Å². The molecule has 23 heavy (non-hydrogen) atoms. The summed E-state index contributed by atoms with van der Waals surface area (Å²) in [6.45, 7) is 1.93. The van der Waals surface area contributed by atoms with Crippen LogP contribution in [0.1, 0.15) is 31.7 Å². The first kappa shape index (κ1) is 17.4. The highest BCUT2D eigenvalue weighted by atomic mass is 32.2. The number of carbonyl (C=O) groups is 1. The van der Waals surface area contributed by atoms with Gasteiger partial charge in [0.05, 0.1) is 5.75 Å². The maximum Gasteiger partial charge on any atom is 0.321 e. The smallest absolute Gasteiger partial charge is 0.321 e. The number of nitrogens with one attached hydrogen (secondary N) is 1. The minimum atomic E-state index is -3.71. The summed E-state index contributed by atoms with van der Waals surface area (Å²) in [7, 11) is -3.71. The first-order valence-corrected chi connectivity index (χ1v) is 9.27. The van der Waals surface area contributed by atoms with Gasteiger partial charge in [0.15, 0.2) is 0 Å². The van der Waals surface area contributed by atoms with Crippen LogP contribution in [0.15, 0.2) is 42.5 Å². The molecule has 5 nitrogen and oxygen atoms in total. The van der Waals surface area contributed by atoms with Gasteiger partial charge in [-0.25, -0.2) is 13.1 Å². The molecule has 6 heteroatoms. The van der Waals surface area contributed by atoms with Gasteiger partial charge in [-0.1, -0.05) is 62.2 Å². The third kappa shape index (κ3) is 5.04. The van der Waals surface area contributed by atoms with Crippen molar-refractivity contribution in [3.8, 4) is 0 Å². The van der Waals surface area contributed by atoms with Crippen LogP contribution in [0.3, 0.4) is 0 Å². The van der Waals surface area contributed by atoms with E-state index in [-0.39, 0.29) is 5.75 Å². The Morgan fingerprint density at radius 3 is 2.52 bits per heavy atom. The standard InChI is InChI=1S/C17H21NO4S/c1-2-3-8-16(17(19)20)18-23(21,22)12-13-9-10-14-6-4-5-7-15(14)11-13/h4-7,9-11,16,18H,2-3,8,12H2,1H3,(H,19,20)/t16-/m0/s1. The molecule has 124 valence electrons. The van der Waals surface area contributed by atoms with Gasteiger partial charge in [0, 0.05) is 0 Å². The number of hydrogen-bond acceptors (Lipinski definition) is 3. The predicted octanol–water partition coefficient (Wildman–Crippen LogP) is 2.90. The van der Waals surface area contributed by atoms with E-state index >= 15 is 0 Å². The molecule has 0 fully saturated rings. The van der Waals surface area contributed by atoms with Gasteiger partial charge in [-0.15, -0.1) is 0 Å². The van der Waals surface area contributed by atoms with Crippen molar-refractivity contribution in [2.24, 2.45) is 0 Å². The Balaban J connectivity index is 2.13. The highest BCUT2D eigenvalue weighted by Crippen LogP contribution is 2.17. The number of aliphatic carboxylic acids is 1. The number of unbranched alkanes of at least 4 members (excludes halogenated alkanes) is 1. The van der Waals surface area contributed by atoms with Gasteiger partial charge in [0.25, 0.3) is 0 Å². The number of carboxylic acid groups (broad SMARTS) is 1. The zero-order valence-corrected chi connectivity index (χ0v) is 13.8. The molecule has 0 heterocycles. The van der Waals surface area contributed by atoms with Crippen LogP contribution in [0.4, 0.5) is 0 Å². The van der Waals surface area contributed by atoms with E-state index in [2.05, 4.69) is 4.72 Å². The van der Waals surface area contributed by atoms with E-state index in [1.807, 2.05) is 43.3 Å². The molecule has 0 aromatic heterocycles. The van der Waals surface area contributed by atoms with Crippen molar-refractivity contribution in [2.45, 2.75) is 38.0 Å². The molecule has 0 radical (unpaired) electrons. The van der Waals surface area contributed by atoms with Crippen molar-refractivity contribution in [2.75, 3.05) is 0 Å². The van der Waals surface area contributed by atoms with Crippen molar-refractivity contribution >= 4 is 26.8 Å². The molecule has 2 aromatic carbocycles. The van der Waals surface area contributed by atoms with Gasteiger partial charge in [-0.2, -0.15) is 0 Å². The molecule has 0 aliphatic carbocycles. The molecule has 0 bridgehead atoms. The van der Waals surface area contributed by atoms with Crippen LogP contribution in [0, 0.1) is 0 Å². The highest BCUT2D eigenvalue weighted by Gasteiger charge is 2.23. The van der Waals surface area contributed by atoms with E-state index in [4.69, 9.17) is 5.11 Å². The third-order valence-corrected chi connectivity index (χ3v) is 4.99. The molecule has 2 N–H and O–H groups in total. The van der Waals surface area contributed by atoms with Crippen molar-refractivity contribution in [3.05, 3.63) is 48.0 Å². The molecule has 0 aliphatic heterocycles. The first-order chi connectivity index (χ1) is 10.9. The summed E-state index contributed by atoms with van der Waals surface area (Å²) in [6, 6.07) is 12.1. The lowest BCUT2D eigenvalue weighted by Gasteiger charge is -2.14. The number of hydrogen-bond donors (Lipinski definition) is 2. The lowest BCUT2D eigenvalue weighted by atomic mass is 10.1. The quantitative estimate of drug-likeness (QED) is 0.777. The summed E-state index contributed by atoms with van der Waals surface area (Å²) in [5.41, 5.74) is 0.635. The fraction of sp³-hybridized carbons (Fsp3) is 0.353. The molecule has 0 unspecified atom stereocenters. The van der Waals surface area contributed by atoms with Crippen LogP contribution in [0.5, 0.6) is 0 Å². The Hall–Kier alpha value is -1.92. The average Bonchev–Trinajstić information content (AvgIpc) is 2.50. The SMILES string of the molecule is CCCC[C@H](NS(=O)(=O)Cc1ccc2ccccc2c1)C(=O)O. The van der Waals surface area contributed by atoms with Gasteiger partial charge in [-0.3, -0.25) is 4.79 Å². The second-order valence-electron chi connectivity index (χ2n) is 5.59. The topological polar surface area (TPSA) is 83.5 Å². The maximum atomic E-state index is 12.2. The normalized spacial score (nSPS) is 13.1. The Labute approximate surface area is 136 Å². The largest absolute Gasteiger partial charge is 0.480 e. The fourth-order valence-electron chi connectivity index (χ4n) is 2.45. The molecule has 2 aromatic rings. The minimum Gasteiger partial charge on any atom is -0.480 e. The van der Waals surface area contributed by atoms with E-state index < -0.39 is 22.0 Å². The van der Waals surface area contributed by atoms with Crippen molar-refractivity contribution in [1.82, 2.24) is 4.72 Å². The van der Waals surface area contributed by atoms with Crippen LogP contribution in [-0.4, -0.2) is 25.5 Å². The molecule has 0 saturated carbocycles. The summed E-state index contributed by atoms with van der Waals surface area (Å²) in [6.07, 6.45) is 1.77. The van der Waals surface area contributed by atoms with Crippen molar-refractivity contribution in [3.63, 3.8) is 0 Å². The highest BCUT2D eigenvalue weighted by molar-refractivity contribution is 7.88. The lowest BCUT2D eigenvalue weighted by molar-refractivity contribution is -0.139. The number of rotatable bonds is 8. The molecule has 0 amide bonds. The van der Waals surface area contributed by atoms with Gasteiger partial charge in [-0.05, 0) is 22.8 Å². The lowest BCUT2D eigenvalue weighted by Crippen LogP contribution is -2.41. The van der Waals surface area contributed by atoms with E-state index in [0.717, 1.165) is 17.2 Å². The zero-order chi connectivity index (χ0) is 16.9. The van der Waals surface area contributed by atoms with Crippen molar-refractivity contribution < 1.29 is 18.3 Å². The van der Waals surface area contributed by atoms with Crippen LogP contribution in [0.2, 0.25) is 0 Å². The molecular formula is C17H21NO4S. The summed E-state index contributed by atoms with van der Waals surface area (Å²) in [4.78, 5) is 11.2. The van der Waals surface area contributed by atoms with E-state index in [1.165, 1.54) is 0 Å². The Morgan fingerprint density at radius 1 is 1.17 bits per heavy atom. The summed E-state index contributed by atoms with van der Waals surface area (Å²) in [5, 5.41) is 11.1.